The van der Waals surface area contributed by atoms with Crippen LogP contribution < -0.4 is 19.6 Å². The maximum Gasteiger partial charge on any atom is 0.159 e. The highest BCUT2D eigenvalue weighted by Gasteiger charge is 2.32. The first kappa shape index (κ1) is 66.5. The third-order valence-electron chi connectivity index (χ3n) is 24.9. The summed E-state index contributed by atoms with van der Waals surface area (Å²) in [5.74, 6) is 0. The predicted molar refractivity (Wildman–Crippen MR) is 490 cm³/mol. The molecule has 0 aliphatic heterocycles. The molecule has 0 unspecified atom stereocenters. The van der Waals surface area contributed by atoms with Gasteiger partial charge < -0.3 is 37.3 Å². The zero-order valence-electron chi connectivity index (χ0n) is 64.6. The smallest absolute Gasteiger partial charge is 0.159 e. The molecule has 552 valence electrons. The van der Waals surface area contributed by atoms with E-state index in [4.69, 9.17) is 17.7 Å². The van der Waals surface area contributed by atoms with E-state index >= 15 is 0 Å². The molecular weight excluding hydrogens is 1430 g/mol. The van der Waals surface area contributed by atoms with Gasteiger partial charge in [0.2, 0.25) is 0 Å². The fourth-order valence-corrected chi connectivity index (χ4v) is 19.3. The van der Waals surface area contributed by atoms with Gasteiger partial charge in [0.15, 0.2) is 22.3 Å². The lowest BCUT2D eigenvalue weighted by atomic mass is 9.78. The fraction of sp³-hybridized carbons (Fsp3) is 0.0459. The van der Waals surface area contributed by atoms with E-state index in [1.165, 1.54) is 43.8 Å². The molecule has 0 saturated carbocycles. The van der Waals surface area contributed by atoms with Crippen LogP contribution in [0.1, 0.15) is 36.1 Å². The fourth-order valence-electron chi connectivity index (χ4n) is 19.3. The molecule has 0 radical (unpaired) electrons. The molecule has 8 nitrogen and oxygen atoms in total. The van der Waals surface area contributed by atoms with Crippen molar-refractivity contribution in [2.45, 2.75) is 33.1 Å². The molecule has 24 aromatic rings. The maximum atomic E-state index is 7.01. The predicted octanol–water partition coefficient (Wildman–Crippen LogP) is 31.9. The standard InChI is InChI=1S/C109H72N4O4/c1-65-19-13-21-75(63-65)112(95-33-17-29-83-79-25-7-11-37-99(79)116-107(83)95)91-61-45-69-39-55-85-89(59-43-67-41-57-87(91)103(69)101(67)85)110(93-31-15-27-81-77-23-5-9-35-97(77)114-105(81)93)73-51-47-71(48-52-73)109(3,4)72-49-53-74(54-50-72)111(94-32-16-28-82-78-24-6-10-36-98(78)115-106(82)94)90-60-44-68-42-58-88-92(62-46-70-40-56-86(90)102(68)104(70)88)113(76-22-14-20-66(2)64-76)96-34-18-30-84-80-26-8-12-38-100(80)117-108(84)96/h5-64H,1-4H3. The minimum absolute atomic E-state index is 0.454. The lowest BCUT2D eigenvalue weighted by Crippen LogP contribution is -2.19. The summed E-state index contributed by atoms with van der Waals surface area (Å²) >= 11 is 0. The van der Waals surface area contributed by atoms with E-state index < -0.39 is 5.41 Å². The van der Waals surface area contributed by atoms with Crippen LogP contribution in [0.25, 0.3) is 152 Å². The molecular formula is C109H72N4O4. The van der Waals surface area contributed by atoms with Crippen molar-refractivity contribution in [2.24, 2.45) is 0 Å². The van der Waals surface area contributed by atoms with Gasteiger partial charge in [0.1, 0.15) is 22.3 Å². The summed E-state index contributed by atoms with van der Waals surface area (Å²) in [5, 5.41) is 22.5. The Kier molecular flexibility index (Phi) is 14.5. The SMILES string of the molecule is Cc1cccc(N(c2ccc3ccc4c(N(c5ccc(C(C)(C)c6ccc(N(c7ccc8ccc9c(N(c%10cccc(C)c%10)c%10cccc%11c%10oc%10ccccc%10%11)ccc%10ccc7c8c%109)c7cccc8c7oc7ccccc78)cc6)cc5)c5cccc6c5oc5ccccc56)ccc5ccc2c3c54)c2cccc3c2oc2ccccc23)c1. The zero-order chi connectivity index (χ0) is 77.5. The third-order valence-corrected chi connectivity index (χ3v) is 24.9. The average Bonchev–Trinajstić information content (AvgIpc) is 1.71. The summed E-state index contributed by atoms with van der Waals surface area (Å²) in [6.45, 7) is 9.01. The van der Waals surface area contributed by atoms with Crippen LogP contribution in [-0.4, -0.2) is 0 Å². The number of fused-ring (bicyclic) bond motifs is 12. The van der Waals surface area contributed by atoms with Gasteiger partial charge in [0.05, 0.1) is 45.5 Å². The van der Waals surface area contributed by atoms with Gasteiger partial charge in [-0.15, -0.1) is 0 Å². The number of anilines is 12. The van der Waals surface area contributed by atoms with Crippen LogP contribution in [0.2, 0.25) is 0 Å². The van der Waals surface area contributed by atoms with Gasteiger partial charge in [-0.3, -0.25) is 0 Å². The van der Waals surface area contributed by atoms with Gasteiger partial charge in [-0.25, -0.2) is 0 Å². The number of aryl methyl sites for hydroxylation is 2. The van der Waals surface area contributed by atoms with E-state index in [-0.39, 0.29) is 0 Å². The lowest BCUT2D eigenvalue weighted by Gasteiger charge is -2.31. The monoisotopic (exact) mass is 1500 g/mol. The Hall–Kier alpha value is -15.1. The molecule has 0 atom stereocenters. The van der Waals surface area contributed by atoms with E-state index in [0.29, 0.717) is 0 Å². The lowest BCUT2D eigenvalue weighted by molar-refractivity contribution is 0.641. The Morgan fingerprint density at radius 1 is 0.197 bits per heavy atom. The van der Waals surface area contributed by atoms with Gasteiger partial charge in [0, 0.05) is 92.8 Å². The van der Waals surface area contributed by atoms with Crippen molar-refractivity contribution in [3.05, 3.63) is 386 Å². The van der Waals surface area contributed by atoms with Crippen LogP contribution >= 0.6 is 0 Å². The highest BCUT2D eigenvalue weighted by molar-refractivity contribution is 6.31. The maximum absolute atomic E-state index is 7.01. The molecule has 8 heteroatoms. The molecule has 0 aliphatic rings. The number of nitrogens with zero attached hydrogens (tertiary/aromatic N) is 4. The molecule has 0 saturated heterocycles. The number of hydrogen-bond donors (Lipinski definition) is 0. The van der Waals surface area contributed by atoms with Crippen molar-refractivity contribution < 1.29 is 17.7 Å². The van der Waals surface area contributed by atoms with Crippen LogP contribution in [0.5, 0.6) is 0 Å². The summed E-state index contributed by atoms with van der Waals surface area (Å²) in [4.78, 5) is 9.63. The molecule has 4 aromatic heterocycles. The largest absolute Gasteiger partial charge is 0.454 e. The van der Waals surface area contributed by atoms with E-state index in [2.05, 4.69) is 399 Å². The summed E-state index contributed by atoms with van der Waals surface area (Å²) in [6, 6.07) is 133. The quantitative estimate of drug-likeness (QED) is 0.0998. The molecule has 117 heavy (non-hydrogen) atoms. The van der Waals surface area contributed by atoms with E-state index in [9.17, 15) is 0 Å². The molecule has 24 rings (SSSR count). The summed E-state index contributed by atoms with van der Waals surface area (Å²) < 4.78 is 27.7. The summed E-state index contributed by atoms with van der Waals surface area (Å²) in [6.07, 6.45) is 0. The highest BCUT2D eigenvalue weighted by Crippen LogP contribution is 2.55. The molecule has 0 N–H and O–H groups in total. The normalized spacial score (nSPS) is 12.3. The number of rotatable bonds is 14. The van der Waals surface area contributed by atoms with Gasteiger partial charge >= 0.3 is 0 Å². The Labute approximate surface area is 672 Å². The number of furan rings is 4. The Balaban J connectivity index is 0.637. The van der Waals surface area contributed by atoms with Crippen molar-refractivity contribution in [3.63, 3.8) is 0 Å². The van der Waals surface area contributed by atoms with Gasteiger partial charge in [-0.2, -0.15) is 0 Å². The summed E-state index contributed by atoms with van der Waals surface area (Å²) in [7, 11) is 0. The van der Waals surface area contributed by atoms with E-state index in [0.717, 1.165) is 199 Å². The van der Waals surface area contributed by atoms with Crippen molar-refractivity contribution in [1.29, 1.82) is 0 Å². The first-order valence-electron chi connectivity index (χ1n) is 40.2. The summed E-state index contributed by atoms with van der Waals surface area (Å²) in [5.41, 5.74) is 23.1. The van der Waals surface area contributed by atoms with E-state index in [1.807, 2.05) is 12.1 Å². The van der Waals surface area contributed by atoms with Crippen LogP contribution in [0.15, 0.2) is 382 Å². The first-order chi connectivity index (χ1) is 57.6. The molecule has 0 bridgehead atoms. The van der Waals surface area contributed by atoms with Gasteiger partial charge in [0.25, 0.3) is 0 Å². The Morgan fingerprint density at radius 2 is 0.444 bits per heavy atom. The third kappa shape index (κ3) is 10.1. The van der Waals surface area contributed by atoms with Crippen LogP contribution in [0.4, 0.5) is 68.2 Å². The van der Waals surface area contributed by atoms with Gasteiger partial charge in [-0.05, 0) is 201 Å². The Bertz CT molecular complexity index is 7700. The number of benzene rings is 20. The molecule has 4 heterocycles. The molecule has 0 spiro atoms. The minimum atomic E-state index is -0.454. The molecule has 0 aliphatic carbocycles. The van der Waals surface area contributed by atoms with Crippen molar-refractivity contribution in [3.8, 4) is 0 Å². The Morgan fingerprint density at radius 3 is 0.726 bits per heavy atom. The first-order valence-corrected chi connectivity index (χ1v) is 40.2. The molecule has 0 fully saturated rings. The van der Waals surface area contributed by atoms with Crippen LogP contribution in [0.3, 0.4) is 0 Å². The number of para-hydroxylation sites is 8. The van der Waals surface area contributed by atoms with Crippen molar-refractivity contribution in [1.82, 2.24) is 0 Å². The van der Waals surface area contributed by atoms with Gasteiger partial charge in [-0.1, -0.05) is 257 Å². The van der Waals surface area contributed by atoms with Crippen LogP contribution in [-0.2, 0) is 5.41 Å². The van der Waals surface area contributed by atoms with Crippen molar-refractivity contribution >= 4 is 221 Å². The highest BCUT2D eigenvalue weighted by atomic mass is 16.3. The second kappa shape index (κ2) is 25.4. The molecule has 20 aromatic carbocycles. The average molecular weight is 1500 g/mol. The van der Waals surface area contributed by atoms with E-state index in [1.54, 1.807) is 0 Å². The zero-order valence-corrected chi connectivity index (χ0v) is 64.6. The van der Waals surface area contributed by atoms with Crippen molar-refractivity contribution in [2.75, 3.05) is 19.6 Å². The second-order valence-electron chi connectivity index (χ2n) is 31.9. The van der Waals surface area contributed by atoms with Crippen LogP contribution in [0, 0.1) is 13.8 Å². The second-order valence-corrected chi connectivity index (χ2v) is 31.9. The topological polar surface area (TPSA) is 65.5 Å². The molecule has 0 amide bonds. The number of hydrogen-bond acceptors (Lipinski definition) is 8. The minimum Gasteiger partial charge on any atom is -0.454 e.